The summed E-state index contributed by atoms with van der Waals surface area (Å²) in [7, 11) is -1.50. The number of nitrogens with two attached hydrogens (primary N) is 1. The normalized spacial score (nSPS) is 20.4. The Morgan fingerprint density at radius 1 is 1.38 bits per heavy atom. The number of piperidine rings is 1. The maximum atomic E-state index is 11.4. The van der Waals surface area contributed by atoms with Crippen LogP contribution >= 0.6 is 0 Å². The zero-order valence-corrected chi connectivity index (χ0v) is 13.5. The van der Waals surface area contributed by atoms with Crippen LogP contribution in [0.25, 0.3) is 0 Å². The first-order valence-electron chi connectivity index (χ1n) is 7.34. The molecule has 1 fully saturated rings. The van der Waals surface area contributed by atoms with Gasteiger partial charge in [-0.15, -0.1) is 0 Å². The van der Waals surface area contributed by atoms with Crippen molar-refractivity contribution in [2.75, 3.05) is 20.2 Å². The molecule has 0 aliphatic carbocycles. The monoisotopic (exact) mass is 312 g/mol. The smallest absolute Gasteiger partial charge is 0.238 e. The number of aryl methyl sites for hydroxylation is 1. The molecule has 21 heavy (non-hydrogen) atoms. The Hall–Kier alpha value is -1.11. The Labute approximate surface area is 127 Å². The molecule has 2 rings (SSSR count). The number of sulfonamides is 1. The van der Waals surface area contributed by atoms with Gasteiger partial charge in [0.25, 0.3) is 0 Å². The molecular weight excluding hydrogens is 288 g/mol. The molecule has 0 bridgehead atoms. The van der Waals surface area contributed by atoms with Crippen molar-refractivity contribution in [3.05, 3.63) is 23.8 Å². The highest BCUT2D eigenvalue weighted by Crippen LogP contribution is 2.22. The summed E-state index contributed by atoms with van der Waals surface area (Å²) in [4.78, 5) is 2.55. The Morgan fingerprint density at radius 3 is 2.76 bits per heavy atom. The largest absolute Gasteiger partial charge is 0.494 e. The van der Waals surface area contributed by atoms with Gasteiger partial charge in [0.1, 0.15) is 5.75 Å². The maximum Gasteiger partial charge on any atom is 0.238 e. The fourth-order valence-electron chi connectivity index (χ4n) is 2.85. The van der Waals surface area contributed by atoms with Crippen LogP contribution in [0.3, 0.4) is 0 Å². The van der Waals surface area contributed by atoms with Crippen LogP contribution in [0.1, 0.15) is 31.2 Å². The van der Waals surface area contributed by atoms with Crippen LogP contribution in [0.2, 0.25) is 0 Å². The van der Waals surface area contributed by atoms with Gasteiger partial charge < -0.3 is 9.64 Å². The molecule has 1 saturated heterocycles. The summed E-state index contributed by atoms with van der Waals surface area (Å²) in [6.45, 7) is 3.53. The van der Waals surface area contributed by atoms with Crippen LogP contribution in [0.4, 0.5) is 0 Å². The van der Waals surface area contributed by atoms with Gasteiger partial charge in [-0.1, -0.05) is 6.42 Å². The highest BCUT2D eigenvalue weighted by Gasteiger charge is 2.18. The Morgan fingerprint density at radius 2 is 2.14 bits per heavy atom. The second kappa shape index (κ2) is 6.77. The van der Waals surface area contributed by atoms with Gasteiger partial charge in [0.2, 0.25) is 10.0 Å². The lowest BCUT2D eigenvalue weighted by atomic mass is 10.0. The lowest BCUT2D eigenvalue weighted by Crippen LogP contribution is -2.37. The Bertz CT molecular complexity index is 587. The third-order valence-electron chi connectivity index (χ3n) is 4.09. The summed E-state index contributed by atoms with van der Waals surface area (Å²) < 4.78 is 28.4. The van der Waals surface area contributed by atoms with Crippen molar-refractivity contribution in [2.45, 2.75) is 43.5 Å². The maximum absolute atomic E-state index is 11.4. The minimum Gasteiger partial charge on any atom is -0.494 e. The second-order valence-electron chi connectivity index (χ2n) is 5.74. The molecule has 1 aliphatic heterocycles. The predicted molar refractivity (Wildman–Crippen MR) is 82.9 cm³/mol. The fraction of sp³-hybridized carbons (Fsp3) is 0.600. The molecule has 0 amide bonds. The predicted octanol–water partition coefficient (Wildman–Crippen LogP) is 1.90. The van der Waals surface area contributed by atoms with Gasteiger partial charge in [-0.3, -0.25) is 0 Å². The van der Waals surface area contributed by atoms with E-state index in [1.807, 2.05) is 0 Å². The van der Waals surface area contributed by atoms with Gasteiger partial charge in [0.05, 0.1) is 11.5 Å². The highest BCUT2D eigenvalue weighted by atomic mass is 32.2. The number of ether oxygens (including phenoxy) is 1. The zero-order chi connectivity index (χ0) is 15.5. The SMILES string of the molecule is Cc1cc(OCCC2CCCCN2C)ccc1S(N)(=O)=O. The van der Waals surface area contributed by atoms with Gasteiger partial charge in [0, 0.05) is 6.04 Å². The first-order valence-corrected chi connectivity index (χ1v) is 8.89. The summed E-state index contributed by atoms with van der Waals surface area (Å²) in [5, 5.41) is 5.15. The van der Waals surface area contributed by atoms with E-state index in [1.165, 1.54) is 25.3 Å². The number of hydrogen-bond acceptors (Lipinski definition) is 4. The second-order valence-corrected chi connectivity index (χ2v) is 7.27. The van der Waals surface area contributed by atoms with Gasteiger partial charge >= 0.3 is 0 Å². The number of nitrogens with zero attached hydrogens (tertiary/aromatic N) is 1. The third-order valence-corrected chi connectivity index (χ3v) is 5.17. The van der Waals surface area contributed by atoms with Gasteiger partial charge in [-0.2, -0.15) is 0 Å². The van der Waals surface area contributed by atoms with Crippen molar-refractivity contribution in [2.24, 2.45) is 5.14 Å². The molecule has 6 heteroatoms. The van der Waals surface area contributed by atoms with Crippen molar-refractivity contribution in [3.63, 3.8) is 0 Å². The summed E-state index contributed by atoms with van der Waals surface area (Å²) in [6, 6.07) is 5.48. The van der Waals surface area contributed by atoms with Crippen LogP contribution in [0.5, 0.6) is 5.75 Å². The number of rotatable bonds is 5. The molecule has 0 saturated carbocycles. The number of hydrogen-bond donors (Lipinski definition) is 1. The average molecular weight is 312 g/mol. The van der Waals surface area contributed by atoms with Crippen molar-refractivity contribution in [3.8, 4) is 5.75 Å². The van der Waals surface area contributed by atoms with Gasteiger partial charge in [0.15, 0.2) is 0 Å². The van der Waals surface area contributed by atoms with Crippen molar-refractivity contribution >= 4 is 10.0 Å². The van der Waals surface area contributed by atoms with E-state index in [9.17, 15) is 8.42 Å². The van der Waals surface area contributed by atoms with Crippen molar-refractivity contribution in [1.82, 2.24) is 4.90 Å². The molecule has 118 valence electrons. The molecule has 1 aromatic carbocycles. The standard InChI is InChI=1S/C15H24N2O3S/c1-12-11-14(6-7-15(12)21(16,18)19)20-10-8-13-5-3-4-9-17(13)2/h6-7,11,13H,3-5,8-10H2,1-2H3,(H2,16,18,19). The molecule has 5 nitrogen and oxygen atoms in total. The Balaban J connectivity index is 1.90. The van der Waals surface area contributed by atoms with Crippen LogP contribution < -0.4 is 9.88 Å². The fourth-order valence-corrected chi connectivity index (χ4v) is 3.62. The summed E-state index contributed by atoms with van der Waals surface area (Å²) in [5.41, 5.74) is 0.616. The quantitative estimate of drug-likeness (QED) is 0.901. The van der Waals surface area contributed by atoms with Crippen LogP contribution in [0.15, 0.2) is 23.1 Å². The summed E-state index contributed by atoms with van der Waals surface area (Å²) >= 11 is 0. The lowest BCUT2D eigenvalue weighted by Gasteiger charge is -2.32. The Kier molecular flexibility index (Phi) is 5.24. The van der Waals surface area contributed by atoms with Gasteiger partial charge in [-0.25, -0.2) is 13.6 Å². The minimum absolute atomic E-state index is 0.155. The highest BCUT2D eigenvalue weighted by molar-refractivity contribution is 7.89. The number of primary sulfonamides is 1. The van der Waals surface area contributed by atoms with Crippen LogP contribution in [-0.4, -0.2) is 39.6 Å². The molecule has 1 aliphatic rings. The van der Waals surface area contributed by atoms with E-state index in [0.717, 1.165) is 13.0 Å². The lowest BCUT2D eigenvalue weighted by molar-refractivity contribution is 0.153. The zero-order valence-electron chi connectivity index (χ0n) is 12.7. The summed E-state index contributed by atoms with van der Waals surface area (Å²) in [5.74, 6) is 0.693. The van der Waals surface area contributed by atoms with E-state index in [4.69, 9.17) is 9.88 Å². The van der Waals surface area contributed by atoms with E-state index in [-0.39, 0.29) is 4.90 Å². The summed E-state index contributed by atoms with van der Waals surface area (Å²) in [6.07, 6.45) is 4.79. The molecule has 1 atom stereocenters. The van der Waals surface area contributed by atoms with Crippen LogP contribution in [-0.2, 0) is 10.0 Å². The molecule has 1 heterocycles. The van der Waals surface area contributed by atoms with Crippen molar-refractivity contribution in [1.29, 1.82) is 0 Å². The third kappa shape index (κ3) is 4.43. The molecule has 0 spiro atoms. The first-order chi connectivity index (χ1) is 9.88. The molecule has 2 N–H and O–H groups in total. The van der Waals surface area contributed by atoms with Crippen molar-refractivity contribution < 1.29 is 13.2 Å². The van der Waals surface area contributed by atoms with E-state index in [1.54, 1.807) is 19.1 Å². The average Bonchev–Trinajstić information content (AvgIpc) is 2.39. The molecular formula is C15H24N2O3S. The van der Waals surface area contributed by atoms with Gasteiger partial charge in [-0.05, 0) is 63.5 Å². The molecule has 0 radical (unpaired) electrons. The number of benzene rings is 1. The minimum atomic E-state index is -3.66. The van der Waals surface area contributed by atoms with E-state index >= 15 is 0 Å². The molecule has 0 aromatic heterocycles. The van der Waals surface area contributed by atoms with E-state index in [0.29, 0.717) is 24.0 Å². The van der Waals surface area contributed by atoms with E-state index in [2.05, 4.69) is 11.9 Å². The topological polar surface area (TPSA) is 72.6 Å². The van der Waals surface area contributed by atoms with Crippen LogP contribution in [0, 0.1) is 6.92 Å². The van der Waals surface area contributed by atoms with E-state index < -0.39 is 10.0 Å². The first kappa shape index (κ1) is 16.3. The molecule has 1 aromatic rings. The molecule has 1 unspecified atom stereocenters. The number of likely N-dealkylation sites (tertiary alicyclic amines) is 1.